The van der Waals surface area contributed by atoms with E-state index in [9.17, 15) is 14.4 Å². The van der Waals surface area contributed by atoms with Crippen molar-refractivity contribution in [2.75, 3.05) is 26.1 Å². The van der Waals surface area contributed by atoms with Crippen LogP contribution in [0.25, 0.3) is 11.1 Å². The number of ether oxygens (including phenoxy) is 3. The first kappa shape index (κ1) is 24.1. The quantitative estimate of drug-likeness (QED) is 0.484. The fourth-order valence-corrected chi connectivity index (χ4v) is 3.62. The molecule has 0 saturated heterocycles. The number of esters is 1. The zero-order valence-electron chi connectivity index (χ0n) is 18.7. The van der Waals surface area contributed by atoms with Gasteiger partial charge < -0.3 is 24.1 Å². The van der Waals surface area contributed by atoms with Crippen molar-refractivity contribution in [2.45, 2.75) is 33.2 Å². The Morgan fingerprint density at radius 3 is 2.52 bits per heavy atom. The minimum Gasteiger partial charge on any atom is -0.495 e. The lowest BCUT2D eigenvalue weighted by atomic mass is 10.1. The highest BCUT2D eigenvalue weighted by Crippen LogP contribution is 2.36. The number of amides is 1. The summed E-state index contributed by atoms with van der Waals surface area (Å²) in [5.41, 5.74) is -0.764. The second kappa shape index (κ2) is 9.90. The summed E-state index contributed by atoms with van der Waals surface area (Å²) in [5, 5.41) is 6.48. The van der Waals surface area contributed by atoms with E-state index < -0.39 is 23.5 Å². The van der Waals surface area contributed by atoms with Crippen LogP contribution in [-0.2, 0) is 9.53 Å². The average Bonchev–Trinajstić information content (AvgIpc) is 3.21. The van der Waals surface area contributed by atoms with Crippen LogP contribution in [0.5, 0.6) is 11.5 Å². The summed E-state index contributed by atoms with van der Waals surface area (Å²) in [7, 11) is 2.89. The van der Waals surface area contributed by atoms with Crippen LogP contribution in [0.1, 0.15) is 42.6 Å². The number of aromatic nitrogens is 3. The molecule has 0 aliphatic heterocycles. The van der Waals surface area contributed by atoms with Crippen LogP contribution in [0.3, 0.4) is 0 Å². The fourth-order valence-electron chi connectivity index (χ4n) is 3.38. The van der Waals surface area contributed by atoms with Crippen LogP contribution < -0.4 is 20.3 Å². The topological polar surface area (TPSA) is 135 Å². The van der Waals surface area contributed by atoms with Crippen molar-refractivity contribution in [2.24, 2.45) is 0 Å². The minimum atomic E-state index is -0.968. The van der Waals surface area contributed by atoms with E-state index in [-0.39, 0.29) is 40.7 Å². The molecule has 1 atom stereocenters. The number of fused-ring (bicyclic) bond motifs is 1. The number of nitrogens with one attached hydrogen (secondary N) is 1. The molecule has 1 N–H and O–H groups in total. The molecule has 0 radical (unpaired) electrons. The number of anilines is 1. The van der Waals surface area contributed by atoms with E-state index in [1.165, 1.54) is 30.9 Å². The largest absolute Gasteiger partial charge is 0.495 e. The Morgan fingerprint density at radius 2 is 1.91 bits per heavy atom. The molecule has 1 unspecified atom stereocenters. The Balaban J connectivity index is 2.06. The summed E-state index contributed by atoms with van der Waals surface area (Å²) >= 11 is 6.19. The van der Waals surface area contributed by atoms with Crippen molar-refractivity contribution in [1.29, 1.82) is 0 Å². The second-order valence-corrected chi connectivity index (χ2v) is 7.27. The van der Waals surface area contributed by atoms with Crippen molar-refractivity contribution in [1.82, 2.24) is 14.7 Å². The Morgan fingerprint density at radius 1 is 1.21 bits per heavy atom. The Kier molecular flexibility index (Phi) is 7.22. The van der Waals surface area contributed by atoms with E-state index >= 15 is 0 Å². The molecular weight excluding hydrogens is 456 g/mol. The van der Waals surface area contributed by atoms with Crippen molar-refractivity contribution in [3.8, 4) is 11.5 Å². The summed E-state index contributed by atoms with van der Waals surface area (Å²) in [6.45, 7) is 5.00. The van der Waals surface area contributed by atoms with Gasteiger partial charge in [-0.1, -0.05) is 23.7 Å². The third-order valence-corrected chi connectivity index (χ3v) is 5.22. The highest BCUT2D eigenvalue weighted by Gasteiger charge is 2.29. The first-order chi connectivity index (χ1) is 15.8. The lowest BCUT2D eigenvalue weighted by molar-refractivity contribution is -0.119. The molecule has 12 heteroatoms. The van der Waals surface area contributed by atoms with E-state index in [4.69, 9.17) is 30.3 Å². The summed E-state index contributed by atoms with van der Waals surface area (Å²) in [6, 6.07) is 2.05. The minimum absolute atomic E-state index is 0.0902. The molecule has 0 aliphatic carbocycles. The molecule has 176 valence electrons. The van der Waals surface area contributed by atoms with Gasteiger partial charge >= 0.3 is 5.97 Å². The molecule has 1 aromatic carbocycles. The van der Waals surface area contributed by atoms with Crippen LogP contribution in [0.15, 0.2) is 21.5 Å². The average molecular weight is 479 g/mol. The van der Waals surface area contributed by atoms with Gasteiger partial charge in [-0.15, -0.1) is 0 Å². The van der Waals surface area contributed by atoms with Crippen molar-refractivity contribution >= 4 is 40.3 Å². The highest BCUT2D eigenvalue weighted by molar-refractivity contribution is 6.32. The molecule has 2 heterocycles. The van der Waals surface area contributed by atoms with Gasteiger partial charge in [0.05, 0.1) is 31.5 Å². The molecule has 0 aliphatic rings. The number of methoxy groups -OCH3 is 2. The Bertz CT molecular complexity index is 1270. The molecule has 0 bridgehead atoms. The number of rotatable bonds is 8. The van der Waals surface area contributed by atoms with Crippen LogP contribution in [0.2, 0.25) is 5.02 Å². The first-order valence-corrected chi connectivity index (χ1v) is 10.4. The van der Waals surface area contributed by atoms with E-state index in [0.717, 1.165) is 0 Å². The van der Waals surface area contributed by atoms with Crippen molar-refractivity contribution < 1.29 is 28.3 Å². The number of hydrogen-bond donors (Lipinski definition) is 1. The van der Waals surface area contributed by atoms with Gasteiger partial charge in [-0.3, -0.25) is 14.2 Å². The van der Waals surface area contributed by atoms with Gasteiger partial charge in [-0.25, -0.2) is 4.79 Å². The number of halogens is 1. The molecular formula is C21H23ClN4O7. The summed E-state index contributed by atoms with van der Waals surface area (Å²) in [4.78, 5) is 43.0. The number of carbonyl (C=O) groups is 2. The number of benzene rings is 1. The monoisotopic (exact) mass is 478 g/mol. The second-order valence-electron chi connectivity index (χ2n) is 6.87. The van der Waals surface area contributed by atoms with Gasteiger partial charge in [0.15, 0.2) is 0 Å². The number of nitrogens with zero attached hydrogens (tertiary/aromatic N) is 3. The SMILES string of the molecule is CCOC(=O)c1noc2nc(C)n(C(CC)C(=O)Nc3cc(Cl)c(OC)cc3OC)c(=O)c12. The van der Waals surface area contributed by atoms with Gasteiger partial charge in [0, 0.05) is 6.07 Å². The molecule has 3 rings (SSSR count). The third-order valence-electron chi connectivity index (χ3n) is 4.92. The smallest absolute Gasteiger partial charge is 0.361 e. The highest BCUT2D eigenvalue weighted by atomic mass is 35.5. The first-order valence-electron chi connectivity index (χ1n) is 10.0. The predicted octanol–water partition coefficient (Wildman–Crippen LogP) is 3.13. The number of carbonyl (C=O) groups excluding carboxylic acids is 2. The van der Waals surface area contributed by atoms with Gasteiger partial charge in [0.2, 0.25) is 11.6 Å². The van der Waals surface area contributed by atoms with Crippen molar-refractivity contribution in [3.63, 3.8) is 0 Å². The molecule has 33 heavy (non-hydrogen) atoms. The van der Waals surface area contributed by atoms with Crippen LogP contribution in [0, 0.1) is 6.92 Å². The van der Waals surface area contributed by atoms with Crippen molar-refractivity contribution in [3.05, 3.63) is 39.0 Å². The standard InChI is InChI=1S/C21H23ClN4O7/c1-6-13(18(27)24-12-8-11(22)14(30-4)9-15(12)31-5)26-10(3)23-19-16(20(26)28)17(25-33-19)21(29)32-7-2/h8-9,13H,6-7H2,1-5H3,(H,24,27). The zero-order chi connectivity index (χ0) is 24.3. The summed E-state index contributed by atoms with van der Waals surface area (Å²) in [6.07, 6.45) is 0.242. The maximum absolute atomic E-state index is 13.3. The van der Waals surface area contributed by atoms with Crippen LogP contribution in [0.4, 0.5) is 5.69 Å². The van der Waals surface area contributed by atoms with E-state index in [1.54, 1.807) is 20.8 Å². The van der Waals surface area contributed by atoms with E-state index in [2.05, 4.69) is 15.5 Å². The zero-order valence-corrected chi connectivity index (χ0v) is 19.5. The van der Waals surface area contributed by atoms with E-state index in [0.29, 0.717) is 17.2 Å². The van der Waals surface area contributed by atoms with Gasteiger partial charge in [0.25, 0.3) is 11.3 Å². The predicted molar refractivity (Wildman–Crippen MR) is 119 cm³/mol. The lowest BCUT2D eigenvalue weighted by Crippen LogP contribution is -2.35. The molecule has 1 amide bonds. The normalized spacial score (nSPS) is 11.8. The maximum Gasteiger partial charge on any atom is 0.361 e. The lowest BCUT2D eigenvalue weighted by Gasteiger charge is -2.21. The fraction of sp³-hybridized carbons (Fsp3) is 0.381. The van der Waals surface area contributed by atoms with Gasteiger partial charge in [-0.05, 0) is 26.3 Å². The molecule has 3 aromatic rings. The van der Waals surface area contributed by atoms with E-state index in [1.807, 2.05) is 0 Å². The number of hydrogen-bond acceptors (Lipinski definition) is 9. The molecule has 0 fully saturated rings. The summed E-state index contributed by atoms with van der Waals surface area (Å²) < 4.78 is 21.7. The molecule has 2 aromatic heterocycles. The van der Waals surface area contributed by atoms with Crippen LogP contribution >= 0.6 is 11.6 Å². The summed E-state index contributed by atoms with van der Waals surface area (Å²) in [5.74, 6) is -0.432. The van der Waals surface area contributed by atoms with Crippen LogP contribution in [-0.4, -0.2) is 47.4 Å². The molecule has 11 nitrogen and oxygen atoms in total. The number of aryl methyl sites for hydroxylation is 1. The van der Waals surface area contributed by atoms with Gasteiger partial charge in [0.1, 0.15) is 28.8 Å². The molecule has 0 spiro atoms. The Hall–Kier alpha value is -3.60. The maximum atomic E-state index is 13.3. The van der Waals surface area contributed by atoms with Gasteiger partial charge in [-0.2, -0.15) is 4.98 Å². The Labute approximate surface area is 193 Å². The molecule has 0 saturated carbocycles. The third kappa shape index (κ3) is 4.49.